The fourth-order valence-electron chi connectivity index (χ4n) is 10.4. The number of anilines is 1. The molecule has 3 fully saturated rings. The molecule has 0 aliphatic carbocycles. The first-order valence-corrected chi connectivity index (χ1v) is 26.6. The molecule has 1 amide bonds. The number of rotatable bonds is 10. The molecule has 3 saturated heterocycles. The van der Waals surface area contributed by atoms with Crippen molar-refractivity contribution in [1.82, 2.24) is 24.9 Å². The Labute approximate surface area is 408 Å². The van der Waals surface area contributed by atoms with Crippen LogP contribution >= 0.6 is 7.81 Å². The van der Waals surface area contributed by atoms with Gasteiger partial charge in [-0.25, -0.2) is 9.18 Å². The normalized spacial score (nSPS) is 19.3. The Morgan fingerprint density at radius 1 is 0.985 bits per heavy atom. The predicted octanol–water partition coefficient (Wildman–Crippen LogP) is 10.9. The molecule has 11 nitrogen and oxygen atoms in total. The first-order chi connectivity index (χ1) is 30.3. The van der Waals surface area contributed by atoms with Crippen LogP contribution in [0.25, 0.3) is 32.9 Å². The third-order valence-electron chi connectivity index (χ3n) is 13.2. The number of amides is 1. The van der Waals surface area contributed by atoms with Crippen molar-refractivity contribution in [3.63, 3.8) is 0 Å². The number of carbonyl (C=O) groups is 1. The van der Waals surface area contributed by atoms with Crippen molar-refractivity contribution in [3.8, 4) is 40.4 Å². The number of hydrazine groups is 1. The van der Waals surface area contributed by atoms with Crippen LogP contribution in [0.5, 0.6) is 17.6 Å². The van der Waals surface area contributed by atoms with E-state index in [0.29, 0.717) is 55.4 Å². The van der Waals surface area contributed by atoms with Crippen LogP contribution < -0.4 is 18.7 Å². The van der Waals surface area contributed by atoms with Crippen molar-refractivity contribution < 1.29 is 36.4 Å². The van der Waals surface area contributed by atoms with Crippen molar-refractivity contribution in [2.24, 2.45) is 0 Å². The third kappa shape index (κ3) is 10.2. The number of fused-ring (bicyclic) bond motifs is 3. The quantitative estimate of drug-likeness (QED) is 0.0502. The summed E-state index contributed by atoms with van der Waals surface area (Å²) in [6.07, 6.45) is 2.51. The van der Waals surface area contributed by atoms with Gasteiger partial charge in [-0.1, -0.05) is 0 Å². The van der Waals surface area contributed by atoms with E-state index in [9.17, 15) is 9.18 Å². The van der Waals surface area contributed by atoms with Gasteiger partial charge in [-0.3, -0.25) is 4.90 Å². The van der Waals surface area contributed by atoms with E-state index in [4.69, 9.17) is 33.3 Å². The summed E-state index contributed by atoms with van der Waals surface area (Å²) in [5, 5.41) is 4.14. The minimum absolute atomic E-state index is 0. The van der Waals surface area contributed by atoms with Gasteiger partial charge in [0.1, 0.15) is 11.8 Å². The maximum absolute atomic E-state index is 18.1. The molecule has 3 aliphatic rings. The van der Waals surface area contributed by atoms with Crippen LogP contribution in [0.3, 0.4) is 0 Å². The SMILES string of the molecule is COc1nc(-c2cc(O[SH-]#P)cc3ccc(F)c(C#C[Si](C(C)C)(C(C)C)C(C)C)c23)c(F)c2nc(OC[C@@]34CCCN3C[C@H](F)C4)nc(N3CCCCCN3C(=O)OC(C)(C)C)c12.[Tl]. The van der Waals surface area contributed by atoms with E-state index in [2.05, 4.69) is 65.7 Å². The fourth-order valence-corrected chi connectivity index (χ4v) is 16.1. The fraction of sp³-hybridized carbons (Fsp3) is 0.574. The Morgan fingerprint density at radius 2 is 1.69 bits per heavy atom. The van der Waals surface area contributed by atoms with Gasteiger partial charge in [0.2, 0.25) is 0 Å². The number of pyridine rings is 1. The number of halogens is 3. The number of aromatic nitrogens is 3. The molecule has 4 aromatic rings. The van der Waals surface area contributed by atoms with Crippen LogP contribution in [0.1, 0.15) is 106 Å². The monoisotopic (exact) mass is 1140 g/mol. The van der Waals surface area contributed by atoms with E-state index in [1.807, 2.05) is 0 Å². The van der Waals surface area contributed by atoms with Gasteiger partial charge < -0.3 is 4.74 Å². The zero-order valence-corrected chi connectivity index (χ0v) is 46.5. The van der Waals surface area contributed by atoms with Crippen LogP contribution in [0.15, 0.2) is 24.3 Å². The molecular weight excluding hydrogens is 1080 g/mol. The maximum Gasteiger partial charge on any atom is 0 e. The second kappa shape index (κ2) is 20.6. The molecule has 0 N–H and O–H groups in total. The molecule has 1 radical (unpaired) electrons. The van der Waals surface area contributed by atoms with E-state index in [1.54, 1.807) is 44.0 Å². The number of benzene rings is 2. The van der Waals surface area contributed by atoms with Gasteiger partial charge in [0.15, 0.2) is 0 Å². The van der Waals surface area contributed by atoms with E-state index in [1.165, 1.54) is 18.2 Å². The Bertz CT molecular complexity index is 2530. The summed E-state index contributed by atoms with van der Waals surface area (Å²) in [6, 6.07) is 6.17. The smallest absolute Gasteiger partial charge is 0 e. The predicted molar refractivity (Wildman–Crippen MR) is 259 cm³/mol. The van der Waals surface area contributed by atoms with Crippen molar-refractivity contribution in [1.29, 1.82) is 0 Å². The zero-order valence-electron chi connectivity index (χ0n) is 39.2. The topological polar surface area (TPSA) is 102 Å². The van der Waals surface area contributed by atoms with E-state index in [0.717, 1.165) is 25.8 Å². The Balaban J connectivity index is 0.00000700. The molecule has 0 saturated carbocycles. The number of hydrogen-bond donors (Lipinski definition) is 0. The maximum atomic E-state index is 18.1. The molecule has 3 aliphatic heterocycles. The molecule has 5 heterocycles. The number of nitrogens with zero attached hydrogens (tertiary/aromatic N) is 6. The van der Waals surface area contributed by atoms with E-state index >= 15 is 8.78 Å². The van der Waals surface area contributed by atoms with Crippen LogP contribution in [-0.4, -0.2) is 124 Å². The number of alkyl halides is 1. The summed E-state index contributed by atoms with van der Waals surface area (Å²) in [5.74, 6) is 2.32. The van der Waals surface area contributed by atoms with Crippen molar-refractivity contribution >= 4 is 87.8 Å². The van der Waals surface area contributed by atoms with Gasteiger partial charge >= 0.3 is 268 Å². The van der Waals surface area contributed by atoms with Gasteiger partial charge in [-0.05, 0) is 59.4 Å². The van der Waals surface area contributed by atoms with Gasteiger partial charge in [0, 0.05) is 46.8 Å². The van der Waals surface area contributed by atoms with Crippen LogP contribution in [0.4, 0.5) is 23.8 Å². The second-order valence-electron chi connectivity index (χ2n) is 19.3. The summed E-state index contributed by atoms with van der Waals surface area (Å²) in [7, 11) is 3.33. The summed E-state index contributed by atoms with van der Waals surface area (Å²) < 4.78 is 73.6. The Hall–Kier alpha value is -3.11. The first kappa shape index (κ1) is 51.3. The molecule has 0 spiro atoms. The minimum atomic E-state index is -2.36. The van der Waals surface area contributed by atoms with Crippen LogP contribution in [0.2, 0.25) is 16.6 Å². The molecule has 65 heavy (non-hydrogen) atoms. The van der Waals surface area contributed by atoms with Crippen molar-refractivity contribution in [2.75, 3.05) is 44.9 Å². The van der Waals surface area contributed by atoms with E-state index in [-0.39, 0.29) is 107 Å². The largest absolute Gasteiger partial charge is 0 e. The van der Waals surface area contributed by atoms with Crippen molar-refractivity contribution in [3.05, 3.63) is 41.5 Å². The molecule has 2 atom stereocenters. The third-order valence-corrected chi connectivity index (χ3v) is 20.1. The molecule has 18 heteroatoms. The van der Waals surface area contributed by atoms with Crippen LogP contribution in [-0.2, 0) is 15.8 Å². The number of methoxy groups -OCH3 is 1. The molecule has 0 unspecified atom stereocenters. The number of hydrogen-bond acceptors (Lipinski definition) is 11. The molecule has 2 aromatic heterocycles. The van der Waals surface area contributed by atoms with Gasteiger partial charge in [0.05, 0.1) is 5.54 Å². The van der Waals surface area contributed by atoms with Gasteiger partial charge in [-0.15, -0.1) is 0 Å². The Morgan fingerprint density at radius 3 is 2.35 bits per heavy atom. The average Bonchev–Trinajstić information content (AvgIpc) is 3.63. The summed E-state index contributed by atoms with van der Waals surface area (Å²) in [4.78, 5) is 30.5. The number of ether oxygens (including phenoxy) is 3. The average molecular weight is 1140 g/mol. The molecule has 0 bridgehead atoms. The van der Waals surface area contributed by atoms with Gasteiger partial charge in [-0.2, -0.15) is 0 Å². The molecule has 7 rings (SSSR count). The summed E-state index contributed by atoms with van der Waals surface area (Å²) >= 11 is 0.282. The zero-order chi connectivity index (χ0) is 46.3. The molecule has 349 valence electrons. The van der Waals surface area contributed by atoms with Gasteiger partial charge in [0.25, 0.3) is 0 Å². The summed E-state index contributed by atoms with van der Waals surface area (Å²) in [5.41, 5.74) is 3.04. The Kier molecular flexibility index (Phi) is 16.3. The summed E-state index contributed by atoms with van der Waals surface area (Å²) in [6.45, 7) is 20.3. The van der Waals surface area contributed by atoms with E-state index < -0.39 is 43.1 Å². The molecule has 2 aromatic carbocycles. The van der Waals surface area contributed by atoms with Crippen LogP contribution in [0, 0.1) is 23.1 Å². The number of thiol groups is 1. The minimum Gasteiger partial charge on any atom is 0 e. The van der Waals surface area contributed by atoms with Crippen molar-refractivity contribution in [2.45, 2.75) is 135 Å². The first-order valence-electron chi connectivity index (χ1n) is 22.4. The number of carbonyl (C=O) groups excluding carboxylic acids is 1. The second-order valence-corrected chi connectivity index (χ2v) is 25.7. The molecular formula is C47H61F3N6O5PSSiTl-. The standard InChI is InChI=1S/C47H61F3N6O5PSSi.Tl/c1-28(2)64(29(3)4,30(5)6)22-17-34-36(49)16-15-31-23-33(61-63-62)24-35(37(31)34)40-39(50)41-38(43(51-40)58-10)42(55-20-12-11-13-21-56(55)45(57)60-46(7,8)9)53-44(52-41)59-27-47-18-14-19-54(47)26-32(48)25-47;/h15-16,23-24,28-30,32,63H,11-14,18-21,25-27H2,1-10H3;/q-1;/t32-,47+;/m1./s1.